The van der Waals surface area contributed by atoms with E-state index in [0.717, 1.165) is 44.3 Å². The molecule has 1 N–H and O–H groups in total. The SMILES string of the molecule is CCC1(CO)CCN(C(C)Cc2nc3ccccc3s2)CC1. The number of nitrogens with zero attached hydrogens (tertiary/aromatic N) is 2. The number of piperidine rings is 1. The number of para-hydroxylation sites is 1. The van der Waals surface area contributed by atoms with Gasteiger partial charge in [0.1, 0.15) is 0 Å². The van der Waals surface area contributed by atoms with Crippen LogP contribution in [0.25, 0.3) is 10.2 Å². The van der Waals surface area contributed by atoms with E-state index in [1.54, 1.807) is 0 Å². The van der Waals surface area contributed by atoms with Gasteiger partial charge < -0.3 is 10.0 Å². The molecule has 0 amide bonds. The molecule has 22 heavy (non-hydrogen) atoms. The zero-order valence-electron chi connectivity index (χ0n) is 13.6. The molecule has 0 saturated carbocycles. The molecule has 4 heteroatoms. The van der Waals surface area contributed by atoms with Crippen molar-refractivity contribution in [1.82, 2.24) is 9.88 Å². The fourth-order valence-electron chi connectivity index (χ4n) is 3.45. The van der Waals surface area contributed by atoms with Crippen LogP contribution in [0.2, 0.25) is 0 Å². The summed E-state index contributed by atoms with van der Waals surface area (Å²) < 4.78 is 1.29. The maximum absolute atomic E-state index is 9.66. The highest BCUT2D eigenvalue weighted by atomic mass is 32.1. The number of thiazole rings is 1. The molecule has 1 fully saturated rings. The summed E-state index contributed by atoms with van der Waals surface area (Å²) in [5.74, 6) is 0. The Hall–Kier alpha value is -0.970. The number of rotatable bonds is 5. The van der Waals surface area contributed by atoms with E-state index in [0.29, 0.717) is 12.6 Å². The highest BCUT2D eigenvalue weighted by molar-refractivity contribution is 7.18. The average Bonchev–Trinajstić information content (AvgIpc) is 2.97. The van der Waals surface area contributed by atoms with Gasteiger partial charge in [0.2, 0.25) is 0 Å². The zero-order valence-corrected chi connectivity index (χ0v) is 14.4. The van der Waals surface area contributed by atoms with Gasteiger partial charge in [-0.15, -0.1) is 11.3 Å². The lowest BCUT2D eigenvalue weighted by Crippen LogP contribution is -2.46. The molecular formula is C18H26N2OS. The fourth-order valence-corrected chi connectivity index (χ4v) is 4.54. The number of aromatic nitrogens is 1. The molecule has 0 aliphatic carbocycles. The molecule has 0 spiro atoms. The van der Waals surface area contributed by atoms with Crippen molar-refractivity contribution in [1.29, 1.82) is 0 Å². The molecule has 1 aliphatic rings. The van der Waals surface area contributed by atoms with E-state index >= 15 is 0 Å². The second-order valence-corrected chi connectivity index (χ2v) is 7.79. The van der Waals surface area contributed by atoms with Crippen LogP contribution in [0.4, 0.5) is 0 Å². The zero-order chi connectivity index (χ0) is 15.6. The summed E-state index contributed by atoms with van der Waals surface area (Å²) in [5.41, 5.74) is 1.30. The number of aliphatic hydroxyl groups excluding tert-OH is 1. The molecule has 1 aromatic heterocycles. The van der Waals surface area contributed by atoms with Crippen LogP contribution in [0.3, 0.4) is 0 Å². The Morgan fingerprint density at radius 1 is 1.32 bits per heavy atom. The number of hydrogen-bond acceptors (Lipinski definition) is 4. The van der Waals surface area contributed by atoms with Crippen molar-refractivity contribution >= 4 is 21.6 Å². The van der Waals surface area contributed by atoms with E-state index in [1.807, 2.05) is 11.3 Å². The first-order chi connectivity index (χ1) is 10.7. The molecule has 1 unspecified atom stereocenters. The largest absolute Gasteiger partial charge is 0.396 e. The fraction of sp³-hybridized carbons (Fsp3) is 0.611. The third-order valence-electron chi connectivity index (χ3n) is 5.38. The Balaban J connectivity index is 1.62. The second kappa shape index (κ2) is 6.65. The minimum absolute atomic E-state index is 0.173. The Kier molecular flexibility index (Phi) is 4.81. The quantitative estimate of drug-likeness (QED) is 0.913. The Bertz CT molecular complexity index is 577. The Morgan fingerprint density at radius 2 is 2.05 bits per heavy atom. The van der Waals surface area contributed by atoms with Crippen molar-refractivity contribution in [2.75, 3.05) is 19.7 Å². The van der Waals surface area contributed by atoms with Gasteiger partial charge in [0.05, 0.1) is 15.2 Å². The molecule has 3 nitrogen and oxygen atoms in total. The minimum atomic E-state index is 0.173. The van der Waals surface area contributed by atoms with E-state index < -0.39 is 0 Å². The summed E-state index contributed by atoms with van der Waals surface area (Å²) in [6.45, 7) is 7.05. The van der Waals surface area contributed by atoms with Gasteiger partial charge in [-0.2, -0.15) is 0 Å². The van der Waals surface area contributed by atoms with Crippen molar-refractivity contribution < 1.29 is 5.11 Å². The van der Waals surface area contributed by atoms with Crippen molar-refractivity contribution in [3.63, 3.8) is 0 Å². The maximum atomic E-state index is 9.66. The summed E-state index contributed by atoms with van der Waals surface area (Å²) >= 11 is 1.82. The predicted octanol–water partition coefficient (Wildman–Crippen LogP) is 3.71. The summed E-state index contributed by atoms with van der Waals surface area (Å²) in [6, 6.07) is 8.90. The van der Waals surface area contributed by atoms with Gasteiger partial charge in [0.15, 0.2) is 0 Å². The van der Waals surface area contributed by atoms with Gasteiger partial charge in [0.25, 0.3) is 0 Å². The lowest BCUT2D eigenvalue weighted by molar-refractivity contribution is 0.0274. The van der Waals surface area contributed by atoms with Crippen LogP contribution in [0.1, 0.15) is 38.1 Å². The Labute approximate surface area is 137 Å². The summed E-state index contributed by atoms with van der Waals surface area (Å²) in [7, 11) is 0. The summed E-state index contributed by atoms with van der Waals surface area (Å²) in [5, 5.41) is 10.9. The van der Waals surface area contributed by atoms with Crippen molar-refractivity contribution in [3.8, 4) is 0 Å². The molecule has 1 aromatic carbocycles. The van der Waals surface area contributed by atoms with Crippen LogP contribution in [0.5, 0.6) is 0 Å². The van der Waals surface area contributed by atoms with Gasteiger partial charge >= 0.3 is 0 Å². The molecule has 2 heterocycles. The van der Waals surface area contributed by atoms with Gasteiger partial charge in [-0.3, -0.25) is 0 Å². The van der Waals surface area contributed by atoms with E-state index in [2.05, 4.69) is 43.0 Å². The number of likely N-dealkylation sites (tertiary alicyclic amines) is 1. The van der Waals surface area contributed by atoms with E-state index in [9.17, 15) is 5.11 Å². The first-order valence-corrected chi connectivity index (χ1v) is 9.17. The highest BCUT2D eigenvalue weighted by Gasteiger charge is 2.33. The van der Waals surface area contributed by atoms with Gasteiger partial charge in [0, 0.05) is 19.1 Å². The first-order valence-electron chi connectivity index (χ1n) is 8.35. The highest BCUT2D eigenvalue weighted by Crippen LogP contribution is 2.35. The van der Waals surface area contributed by atoms with Crippen LogP contribution in [-0.4, -0.2) is 40.7 Å². The molecule has 120 valence electrons. The monoisotopic (exact) mass is 318 g/mol. The number of fused-ring (bicyclic) bond motifs is 1. The number of hydrogen-bond donors (Lipinski definition) is 1. The topological polar surface area (TPSA) is 36.4 Å². The summed E-state index contributed by atoms with van der Waals surface area (Å²) in [6.07, 6.45) is 4.34. The van der Waals surface area contributed by atoms with Crippen LogP contribution in [0, 0.1) is 5.41 Å². The van der Waals surface area contributed by atoms with Crippen molar-refractivity contribution in [2.24, 2.45) is 5.41 Å². The standard InChI is InChI=1S/C18H26N2OS/c1-3-18(13-21)8-10-20(11-9-18)14(2)12-17-19-15-6-4-5-7-16(15)22-17/h4-7,14,21H,3,8-13H2,1-2H3. The molecule has 1 aliphatic heterocycles. The number of benzene rings is 1. The summed E-state index contributed by atoms with van der Waals surface area (Å²) in [4.78, 5) is 7.33. The van der Waals surface area contributed by atoms with Crippen LogP contribution < -0.4 is 0 Å². The van der Waals surface area contributed by atoms with Gasteiger partial charge in [-0.25, -0.2) is 4.98 Å². The second-order valence-electron chi connectivity index (χ2n) is 6.68. The molecular weight excluding hydrogens is 292 g/mol. The first kappa shape index (κ1) is 15.9. The normalized spacial score (nSPS) is 20.3. The molecule has 2 aromatic rings. The average molecular weight is 318 g/mol. The lowest BCUT2D eigenvalue weighted by Gasteiger charge is -2.42. The lowest BCUT2D eigenvalue weighted by atomic mass is 9.76. The van der Waals surface area contributed by atoms with Crippen LogP contribution in [0.15, 0.2) is 24.3 Å². The molecule has 3 rings (SSSR count). The van der Waals surface area contributed by atoms with Crippen LogP contribution in [-0.2, 0) is 6.42 Å². The maximum Gasteiger partial charge on any atom is 0.0954 e. The van der Waals surface area contributed by atoms with Crippen LogP contribution >= 0.6 is 11.3 Å². The van der Waals surface area contributed by atoms with E-state index in [4.69, 9.17) is 4.98 Å². The van der Waals surface area contributed by atoms with Crippen molar-refractivity contribution in [2.45, 2.75) is 45.6 Å². The van der Waals surface area contributed by atoms with E-state index in [-0.39, 0.29) is 5.41 Å². The smallest absolute Gasteiger partial charge is 0.0954 e. The molecule has 0 radical (unpaired) electrons. The minimum Gasteiger partial charge on any atom is -0.396 e. The van der Waals surface area contributed by atoms with Crippen molar-refractivity contribution in [3.05, 3.63) is 29.3 Å². The van der Waals surface area contributed by atoms with Gasteiger partial charge in [-0.1, -0.05) is 19.1 Å². The molecule has 1 atom stereocenters. The third kappa shape index (κ3) is 3.19. The van der Waals surface area contributed by atoms with E-state index in [1.165, 1.54) is 9.71 Å². The third-order valence-corrected chi connectivity index (χ3v) is 6.43. The number of aliphatic hydroxyl groups is 1. The predicted molar refractivity (Wildman–Crippen MR) is 93.4 cm³/mol. The molecule has 0 bridgehead atoms. The molecule has 1 saturated heterocycles. The Morgan fingerprint density at radius 3 is 2.68 bits per heavy atom. The van der Waals surface area contributed by atoms with Gasteiger partial charge in [-0.05, 0) is 56.8 Å².